The van der Waals surface area contributed by atoms with Gasteiger partial charge in [0.15, 0.2) is 5.82 Å². The van der Waals surface area contributed by atoms with Gasteiger partial charge in [0.1, 0.15) is 11.5 Å². The number of piperazine rings is 1. The van der Waals surface area contributed by atoms with Crippen molar-refractivity contribution in [1.82, 2.24) is 14.5 Å². The van der Waals surface area contributed by atoms with E-state index in [2.05, 4.69) is 5.32 Å². The van der Waals surface area contributed by atoms with Gasteiger partial charge in [0.05, 0.1) is 37.5 Å². The lowest BCUT2D eigenvalue weighted by Gasteiger charge is -2.35. The quantitative estimate of drug-likeness (QED) is 0.434. The first-order valence-corrected chi connectivity index (χ1v) is 12.1. The summed E-state index contributed by atoms with van der Waals surface area (Å²) in [7, 11) is 3.12. The minimum absolute atomic E-state index is 0.136. The molecule has 0 atom stereocenters. The van der Waals surface area contributed by atoms with Gasteiger partial charge >= 0.3 is 6.03 Å². The van der Waals surface area contributed by atoms with Crippen molar-refractivity contribution in [2.45, 2.75) is 6.54 Å². The third-order valence-corrected chi connectivity index (χ3v) is 6.54. The monoisotopic (exact) mass is 499 g/mol. The molecule has 2 amide bonds. The zero-order chi connectivity index (χ0) is 25.8. The van der Waals surface area contributed by atoms with Crippen LogP contribution in [0.3, 0.4) is 0 Å². The second kappa shape index (κ2) is 10.6. The first kappa shape index (κ1) is 24.2. The van der Waals surface area contributed by atoms with Crippen molar-refractivity contribution in [1.29, 1.82) is 0 Å². The maximum atomic E-state index is 13.6. The van der Waals surface area contributed by atoms with Crippen molar-refractivity contribution >= 4 is 28.6 Å². The molecule has 0 radical (unpaired) electrons. The van der Waals surface area contributed by atoms with E-state index >= 15 is 0 Å². The van der Waals surface area contributed by atoms with Crippen molar-refractivity contribution in [3.8, 4) is 11.5 Å². The molecule has 1 aliphatic rings. The number of carbonyl (C=O) groups is 1. The predicted molar refractivity (Wildman–Crippen MR) is 144 cm³/mol. The molecule has 0 bridgehead atoms. The predicted octanol–water partition coefficient (Wildman–Crippen LogP) is 3.82. The Bertz CT molecular complexity index is 1460. The molecule has 3 aromatic carbocycles. The number of methoxy groups -OCH3 is 2. The zero-order valence-corrected chi connectivity index (χ0v) is 20.9. The van der Waals surface area contributed by atoms with E-state index in [0.717, 1.165) is 16.6 Å². The Hall–Kier alpha value is -4.53. The number of ether oxygens (including phenoxy) is 2. The molecular weight excluding hydrogens is 470 g/mol. The van der Waals surface area contributed by atoms with E-state index in [-0.39, 0.29) is 11.6 Å². The van der Waals surface area contributed by atoms with Crippen LogP contribution >= 0.6 is 0 Å². The van der Waals surface area contributed by atoms with Crippen molar-refractivity contribution < 1.29 is 14.3 Å². The molecule has 1 fully saturated rings. The van der Waals surface area contributed by atoms with E-state index < -0.39 is 0 Å². The molecule has 0 aliphatic carbocycles. The number of hydrogen-bond donors (Lipinski definition) is 1. The number of benzene rings is 3. The number of nitrogens with zero attached hydrogens (tertiary/aromatic N) is 4. The first-order valence-electron chi connectivity index (χ1n) is 12.1. The molecule has 2 heterocycles. The van der Waals surface area contributed by atoms with Gasteiger partial charge in [-0.2, -0.15) is 0 Å². The molecule has 5 rings (SSSR count). The molecule has 37 heavy (non-hydrogen) atoms. The third-order valence-electron chi connectivity index (χ3n) is 6.54. The molecule has 1 saturated heterocycles. The number of aromatic nitrogens is 2. The van der Waals surface area contributed by atoms with Gasteiger partial charge in [-0.3, -0.25) is 9.36 Å². The fourth-order valence-corrected chi connectivity index (χ4v) is 4.53. The Morgan fingerprint density at radius 1 is 0.919 bits per heavy atom. The van der Waals surface area contributed by atoms with Crippen molar-refractivity contribution in [3.05, 3.63) is 88.7 Å². The van der Waals surface area contributed by atoms with Gasteiger partial charge in [0, 0.05) is 32.2 Å². The lowest BCUT2D eigenvalue weighted by molar-refractivity contribution is 0.208. The molecule has 0 unspecified atom stereocenters. The number of nitrogens with one attached hydrogen (secondary N) is 1. The van der Waals surface area contributed by atoms with Crippen LogP contribution in [0.5, 0.6) is 11.5 Å². The van der Waals surface area contributed by atoms with Crippen LogP contribution in [0.1, 0.15) is 5.56 Å². The summed E-state index contributed by atoms with van der Waals surface area (Å²) in [6.45, 7) is 2.37. The van der Waals surface area contributed by atoms with Crippen LogP contribution in [0.2, 0.25) is 0 Å². The van der Waals surface area contributed by atoms with Gasteiger partial charge in [0.2, 0.25) is 0 Å². The highest BCUT2D eigenvalue weighted by molar-refractivity contribution is 5.91. The Morgan fingerprint density at radius 3 is 2.38 bits per heavy atom. The molecule has 9 heteroatoms. The normalized spacial score (nSPS) is 13.5. The number of amides is 2. The molecule has 0 saturated carbocycles. The van der Waals surface area contributed by atoms with Gasteiger partial charge < -0.3 is 24.6 Å². The van der Waals surface area contributed by atoms with E-state index in [1.165, 1.54) is 0 Å². The number of rotatable bonds is 6. The Morgan fingerprint density at radius 2 is 1.65 bits per heavy atom. The second-order valence-electron chi connectivity index (χ2n) is 8.77. The average molecular weight is 500 g/mol. The van der Waals surface area contributed by atoms with Crippen molar-refractivity contribution in [2.24, 2.45) is 0 Å². The van der Waals surface area contributed by atoms with Gasteiger partial charge in [-0.15, -0.1) is 0 Å². The third kappa shape index (κ3) is 5.06. The molecule has 4 aromatic rings. The molecule has 190 valence electrons. The summed E-state index contributed by atoms with van der Waals surface area (Å²) in [6.07, 6.45) is 0. The van der Waals surface area contributed by atoms with E-state index in [1.54, 1.807) is 41.9 Å². The number of fused-ring (bicyclic) bond motifs is 1. The lowest BCUT2D eigenvalue weighted by atomic mass is 10.2. The lowest BCUT2D eigenvalue weighted by Crippen LogP contribution is -2.51. The van der Waals surface area contributed by atoms with Crippen LogP contribution < -0.4 is 25.2 Å². The first-order chi connectivity index (χ1) is 18.1. The van der Waals surface area contributed by atoms with Gasteiger partial charge in [-0.25, -0.2) is 9.78 Å². The van der Waals surface area contributed by atoms with Crippen LogP contribution in [-0.2, 0) is 6.54 Å². The zero-order valence-electron chi connectivity index (χ0n) is 20.9. The van der Waals surface area contributed by atoms with Crippen LogP contribution in [0, 0.1) is 0 Å². The highest BCUT2D eigenvalue weighted by atomic mass is 16.5. The van der Waals surface area contributed by atoms with E-state index in [4.69, 9.17) is 14.5 Å². The van der Waals surface area contributed by atoms with Crippen LogP contribution in [0.25, 0.3) is 11.0 Å². The Balaban J connectivity index is 1.34. The molecule has 0 spiro atoms. The van der Waals surface area contributed by atoms with E-state index in [0.29, 0.717) is 55.7 Å². The van der Waals surface area contributed by atoms with Gasteiger partial charge in [-0.1, -0.05) is 42.5 Å². The topological polar surface area (TPSA) is 88.9 Å². The van der Waals surface area contributed by atoms with Crippen LogP contribution in [0.4, 0.5) is 16.3 Å². The maximum Gasteiger partial charge on any atom is 0.322 e. The molecule has 9 nitrogen and oxygen atoms in total. The van der Waals surface area contributed by atoms with Crippen molar-refractivity contribution in [3.63, 3.8) is 0 Å². The number of urea groups is 1. The van der Waals surface area contributed by atoms with Crippen molar-refractivity contribution in [2.75, 3.05) is 50.6 Å². The minimum Gasteiger partial charge on any atom is -0.497 e. The molecule has 1 aliphatic heterocycles. The summed E-state index contributed by atoms with van der Waals surface area (Å²) >= 11 is 0. The van der Waals surface area contributed by atoms with Gasteiger partial charge in [-0.05, 0) is 29.8 Å². The summed E-state index contributed by atoms with van der Waals surface area (Å²) < 4.78 is 12.4. The molecule has 1 N–H and O–H groups in total. The van der Waals surface area contributed by atoms with Crippen LogP contribution in [-0.4, -0.2) is 60.9 Å². The standard InChI is InChI=1S/C28H29N5O4/c1-36-21-12-13-23(25(18-21)37-2)30-28(35)32-16-14-31(15-17-32)26-27(34)33(19-20-8-4-3-5-9-20)24-11-7-6-10-22(24)29-26/h3-13,18H,14-17,19H2,1-2H3,(H,30,35). The fourth-order valence-electron chi connectivity index (χ4n) is 4.53. The SMILES string of the molecule is COc1ccc(NC(=O)N2CCN(c3nc4ccccc4n(Cc4ccccc4)c3=O)CC2)c(OC)c1. The number of carbonyl (C=O) groups excluding carboxylic acids is 1. The number of para-hydroxylation sites is 2. The Kier molecular flexibility index (Phi) is 6.93. The summed E-state index contributed by atoms with van der Waals surface area (Å²) in [4.78, 5) is 35.0. The summed E-state index contributed by atoms with van der Waals surface area (Å²) in [5.41, 5.74) is 3.04. The molecular formula is C28H29N5O4. The summed E-state index contributed by atoms with van der Waals surface area (Å²) in [5, 5.41) is 2.92. The average Bonchev–Trinajstić information content (AvgIpc) is 2.95. The highest BCUT2D eigenvalue weighted by Crippen LogP contribution is 2.29. The van der Waals surface area contributed by atoms with E-state index in [9.17, 15) is 9.59 Å². The number of anilines is 2. The smallest absolute Gasteiger partial charge is 0.322 e. The summed E-state index contributed by atoms with van der Waals surface area (Å²) in [5.74, 6) is 1.57. The number of hydrogen-bond acceptors (Lipinski definition) is 6. The maximum absolute atomic E-state index is 13.6. The van der Waals surface area contributed by atoms with Crippen LogP contribution in [0.15, 0.2) is 77.6 Å². The fraction of sp³-hybridized carbons (Fsp3) is 0.250. The van der Waals surface area contributed by atoms with E-state index in [1.807, 2.05) is 59.5 Å². The van der Waals surface area contributed by atoms with Gasteiger partial charge in [0.25, 0.3) is 5.56 Å². The molecule has 1 aromatic heterocycles. The summed E-state index contributed by atoms with van der Waals surface area (Å²) in [6, 6.07) is 22.6. The Labute approximate surface area is 214 Å². The highest BCUT2D eigenvalue weighted by Gasteiger charge is 2.25. The largest absolute Gasteiger partial charge is 0.497 e. The second-order valence-corrected chi connectivity index (χ2v) is 8.77. The minimum atomic E-state index is -0.226.